The van der Waals surface area contributed by atoms with E-state index in [-0.39, 0.29) is 24.1 Å². The first-order valence-corrected chi connectivity index (χ1v) is 11.1. The molecule has 4 rings (SSSR count). The monoisotopic (exact) mass is 438 g/mol. The maximum absolute atomic E-state index is 13.2. The van der Waals surface area contributed by atoms with Gasteiger partial charge in [-0.2, -0.15) is 0 Å². The van der Waals surface area contributed by atoms with E-state index in [0.717, 1.165) is 18.7 Å². The molecule has 1 saturated heterocycles. The van der Waals surface area contributed by atoms with Crippen LogP contribution in [0.1, 0.15) is 22.5 Å². The molecule has 31 heavy (non-hydrogen) atoms. The van der Waals surface area contributed by atoms with Crippen LogP contribution in [0.3, 0.4) is 0 Å². The molecule has 1 aliphatic rings. The lowest BCUT2D eigenvalue weighted by molar-refractivity contribution is -0.130. The lowest BCUT2D eigenvalue weighted by atomic mass is 10.2. The standard InChI is InChI=1S/C23H23FN4O2S/c24-18-7-9-20(10-8-18)27-11-4-12-28(14-13-27)21(29)15-19-16-31-23(25-19)26-22(30)17-5-2-1-3-6-17/h1-3,5-10,16H,4,11-15H2,(H,25,26,30). The summed E-state index contributed by atoms with van der Waals surface area (Å²) in [5.74, 6) is -0.452. The van der Waals surface area contributed by atoms with Crippen LogP contribution in [-0.2, 0) is 11.2 Å². The molecule has 6 nitrogen and oxygen atoms in total. The lowest BCUT2D eigenvalue weighted by Gasteiger charge is -2.23. The molecule has 2 amide bonds. The van der Waals surface area contributed by atoms with Crippen molar-refractivity contribution >= 4 is 34.0 Å². The molecule has 160 valence electrons. The van der Waals surface area contributed by atoms with Gasteiger partial charge in [0.15, 0.2) is 5.13 Å². The lowest BCUT2D eigenvalue weighted by Crippen LogP contribution is -2.36. The summed E-state index contributed by atoms with van der Waals surface area (Å²) in [7, 11) is 0. The summed E-state index contributed by atoms with van der Waals surface area (Å²) in [6, 6.07) is 15.4. The highest BCUT2D eigenvalue weighted by atomic mass is 32.1. The van der Waals surface area contributed by atoms with Crippen LogP contribution in [0.25, 0.3) is 0 Å². The molecule has 8 heteroatoms. The summed E-state index contributed by atoms with van der Waals surface area (Å²) in [4.78, 5) is 33.5. The van der Waals surface area contributed by atoms with Crippen LogP contribution in [-0.4, -0.2) is 47.9 Å². The molecule has 0 atom stereocenters. The van der Waals surface area contributed by atoms with Gasteiger partial charge in [-0.1, -0.05) is 18.2 Å². The smallest absolute Gasteiger partial charge is 0.257 e. The summed E-state index contributed by atoms with van der Waals surface area (Å²) in [6.07, 6.45) is 1.05. The number of anilines is 2. The van der Waals surface area contributed by atoms with Crippen LogP contribution in [0.4, 0.5) is 15.2 Å². The molecule has 2 aromatic carbocycles. The van der Waals surface area contributed by atoms with E-state index in [0.29, 0.717) is 36.0 Å². The van der Waals surface area contributed by atoms with Crippen molar-refractivity contribution < 1.29 is 14.0 Å². The zero-order valence-corrected chi connectivity index (χ0v) is 17.8. The number of aromatic nitrogens is 1. The Kier molecular flexibility index (Phi) is 6.57. The Morgan fingerprint density at radius 2 is 1.77 bits per heavy atom. The summed E-state index contributed by atoms with van der Waals surface area (Å²) in [5.41, 5.74) is 2.18. The average Bonchev–Trinajstić information content (AvgIpc) is 3.06. The van der Waals surface area contributed by atoms with E-state index < -0.39 is 0 Å². The second-order valence-electron chi connectivity index (χ2n) is 7.34. The van der Waals surface area contributed by atoms with Crippen LogP contribution in [0.15, 0.2) is 60.0 Å². The van der Waals surface area contributed by atoms with Crippen LogP contribution in [0.5, 0.6) is 0 Å². The highest BCUT2D eigenvalue weighted by Crippen LogP contribution is 2.19. The van der Waals surface area contributed by atoms with Gasteiger partial charge in [0.2, 0.25) is 5.91 Å². The van der Waals surface area contributed by atoms with Crippen molar-refractivity contribution in [3.8, 4) is 0 Å². The zero-order chi connectivity index (χ0) is 21.6. The van der Waals surface area contributed by atoms with Crippen LogP contribution < -0.4 is 10.2 Å². The normalized spacial score (nSPS) is 14.2. The SMILES string of the molecule is O=C(Nc1nc(CC(=O)N2CCCN(c3ccc(F)cc3)CC2)cs1)c1ccccc1. The van der Waals surface area contributed by atoms with E-state index in [4.69, 9.17) is 0 Å². The molecular formula is C23H23FN4O2S. The maximum atomic E-state index is 13.2. The van der Waals surface area contributed by atoms with Crippen molar-refractivity contribution in [2.45, 2.75) is 12.8 Å². The van der Waals surface area contributed by atoms with Gasteiger partial charge in [0, 0.05) is 42.8 Å². The predicted octanol–water partition coefficient (Wildman–Crippen LogP) is 3.82. The van der Waals surface area contributed by atoms with Gasteiger partial charge in [-0.05, 0) is 42.8 Å². The Bertz CT molecular complexity index is 1040. The third kappa shape index (κ3) is 5.46. The molecule has 0 bridgehead atoms. The Labute approximate surface area is 184 Å². The van der Waals surface area contributed by atoms with Gasteiger partial charge in [-0.25, -0.2) is 9.37 Å². The van der Waals surface area contributed by atoms with E-state index in [1.807, 2.05) is 11.0 Å². The Balaban J connectivity index is 1.31. The third-order valence-electron chi connectivity index (χ3n) is 5.18. The van der Waals surface area contributed by atoms with Crippen molar-refractivity contribution in [2.75, 3.05) is 36.4 Å². The number of rotatable bonds is 5. The molecule has 0 unspecified atom stereocenters. The fraction of sp³-hybridized carbons (Fsp3) is 0.261. The van der Waals surface area contributed by atoms with Crippen LogP contribution in [0.2, 0.25) is 0 Å². The van der Waals surface area contributed by atoms with Gasteiger partial charge >= 0.3 is 0 Å². The predicted molar refractivity (Wildman–Crippen MR) is 120 cm³/mol. The first kappa shape index (κ1) is 21.0. The number of carbonyl (C=O) groups excluding carboxylic acids is 2. The molecule has 3 aromatic rings. The number of halogens is 1. The van der Waals surface area contributed by atoms with E-state index in [9.17, 15) is 14.0 Å². The summed E-state index contributed by atoms with van der Waals surface area (Å²) in [5, 5.41) is 5.07. The molecule has 0 spiro atoms. The number of nitrogens with one attached hydrogen (secondary N) is 1. The Morgan fingerprint density at radius 3 is 2.55 bits per heavy atom. The number of hydrogen-bond acceptors (Lipinski definition) is 5. The molecule has 2 heterocycles. The molecule has 1 fully saturated rings. The fourth-order valence-corrected chi connectivity index (χ4v) is 4.25. The van der Waals surface area contributed by atoms with Crippen molar-refractivity contribution in [3.63, 3.8) is 0 Å². The maximum Gasteiger partial charge on any atom is 0.257 e. The average molecular weight is 439 g/mol. The number of benzene rings is 2. The van der Waals surface area contributed by atoms with E-state index in [1.165, 1.54) is 23.5 Å². The summed E-state index contributed by atoms with van der Waals surface area (Å²) in [6.45, 7) is 2.81. The molecule has 0 radical (unpaired) electrons. The fourth-order valence-electron chi connectivity index (χ4n) is 3.55. The van der Waals surface area contributed by atoms with E-state index >= 15 is 0 Å². The molecular weight excluding hydrogens is 415 g/mol. The van der Waals surface area contributed by atoms with E-state index in [1.54, 1.807) is 41.8 Å². The minimum absolute atomic E-state index is 0.0205. The second kappa shape index (κ2) is 9.70. The third-order valence-corrected chi connectivity index (χ3v) is 5.99. The van der Waals surface area contributed by atoms with Gasteiger partial charge in [-0.15, -0.1) is 11.3 Å². The number of thiazole rings is 1. The largest absolute Gasteiger partial charge is 0.370 e. The molecule has 1 aliphatic heterocycles. The summed E-state index contributed by atoms with van der Waals surface area (Å²) < 4.78 is 13.2. The quantitative estimate of drug-likeness (QED) is 0.658. The number of carbonyl (C=O) groups is 2. The molecule has 0 aliphatic carbocycles. The van der Waals surface area contributed by atoms with Gasteiger partial charge in [0.25, 0.3) is 5.91 Å². The van der Waals surface area contributed by atoms with Gasteiger partial charge in [0.1, 0.15) is 5.82 Å². The van der Waals surface area contributed by atoms with Gasteiger partial charge in [-0.3, -0.25) is 14.9 Å². The van der Waals surface area contributed by atoms with Crippen LogP contribution >= 0.6 is 11.3 Å². The van der Waals surface area contributed by atoms with Gasteiger partial charge < -0.3 is 9.80 Å². The molecule has 0 saturated carbocycles. The second-order valence-corrected chi connectivity index (χ2v) is 8.20. The van der Waals surface area contributed by atoms with E-state index in [2.05, 4.69) is 15.2 Å². The Morgan fingerprint density at radius 1 is 1.00 bits per heavy atom. The number of amides is 2. The first-order valence-electron chi connectivity index (χ1n) is 10.2. The minimum Gasteiger partial charge on any atom is -0.370 e. The highest BCUT2D eigenvalue weighted by Gasteiger charge is 2.20. The highest BCUT2D eigenvalue weighted by molar-refractivity contribution is 7.14. The van der Waals surface area contributed by atoms with Crippen molar-refractivity contribution in [3.05, 3.63) is 77.1 Å². The minimum atomic E-state index is -0.252. The molecule has 1 N–H and O–H groups in total. The van der Waals surface area contributed by atoms with Crippen molar-refractivity contribution in [1.29, 1.82) is 0 Å². The number of hydrogen-bond donors (Lipinski definition) is 1. The molecule has 1 aromatic heterocycles. The number of nitrogens with zero attached hydrogens (tertiary/aromatic N) is 3. The van der Waals surface area contributed by atoms with Crippen molar-refractivity contribution in [2.24, 2.45) is 0 Å². The van der Waals surface area contributed by atoms with Crippen molar-refractivity contribution in [1.82, 2.24) is 9.88 Å². The first-order chi connectivity index (χ1) is 15.1. The topological polar surface area (TPSA) is 65.5 Å². The Hall–Kier alpha value is -3.26. The zero-order valence-electron chi connectivity index (χ0n) is 17.0. The van der Waals surface area contributed by atoms with Crippen LogP contribution in [0, 0.1) is 5.82 Å². The summed E-state index contributed by atoms with van der Waals surface area (Å²) >= 11 is 1.31. The van der Waals surface area contributed by atoms with Gasteiger partial charge in [0.05, 0.1) is 12.1 Å².